The summed E-state index contributed by atoms with van der Waals surface area (Å²) in [5.74, 6) is 1.12. The van der Waals surface area contributed by atoms with E-state index >= 15 is 0 Å². The van der Waals surface area contributed by atoms with Gasteiger partial charge in [-0.25, -0.2) is 4.98 Å². The van der Waals surface area contributed by atoms with E-state index in [-0.39, 0.29) is 5.91 Å². The molecule has 0 aliphatic carbocycles. The Kier molecular flexibility index (Phi) is 3.80. The molecule has 0 fully saturated rings. The van der Waals surface area contributed by atoms with Gasteiger partial charge in [0.25, 0.3) is 0 Å². The number of carbonyl (C=O) groups excluding carboxylic acids is 1. The highest BCUT2D eigenvalue weighted by Crippen LogP contribution is 2.34. The molecule has 9 nitrogen and oxygen atoms in total. The van der Waals surface area contributed by atoms with Crippen LogP contribution in [0.4, 0.5) is 5.82 Å². The molecule has 6 heterocycles. The second-order valence-corrected chi connectivity index (χ2v) is 7.90. The lowest BCUT2D eigenvalue weighted by Gasteiger charge is -2.17. The molecule has 6 rings (SSSR count). The number of hydrogen-bond donors (Lipinski definition) is 0. The van der Waals surface area contributed by atoms with Crippen LogP contribution in [0.25, 0.3) is 17.0 Å². The summed E-state index contributed by atoms with van der Waals surface area (Å²) in [6, 6.07) is 3.95. The SMILES string of the molecule is Cc1nn2cc1C1=NCc3ncc(cc31)-c1c(nc3ncccn13)N(C)C(=O)CCC2. The molecule has 4 aromatic heterocycles. The number of rotatable bonds is 0. The van der Waals surface area contributed by atoms with Gasteiger partial charge in [-0.15, -0.1) is 0 Å². The van der Waals surface area contributed by atoms with Gasteiger partial charge in [-0.2, -0.15) is 10.1 Å². The quantitative estimate of drug-likeness (QED) is 0.442. The van der Waals surface area contributed by atoms with Crippen molar-refractivity contribution in [2.75, 3.05) is 11.9 Å². The molecule has 0 radical (unpaired) electrons. The Morgan fingerprint density at radius 3 is 2.97 bits per heavy atom. The molecule has 0 unspecified atom stereocenters. The summed E-state index contributed by atoms with van der Waals surface area (Å²) in [5.41, 5.74) is 6.46. The topological polar surface area (TPSA) is 93.6 Å². The van der Waals surface area contributed by atoms with Crippen molar-refractivity contribution in [2.24, 2.45) is 4.99 Å². The van der Waals surface area contributed by atoms with Gasteiger partial charge in [0.15, 0.2) is 5.82 Å². The highest BCUT2D eigenvalue weighted by Gasteiger charge is 2.27. The van der Waals surface area contributed by atoms with Crippen molar-refractivity contribution < 1.29 is 4.79 Å². The molecule has 2 aliphatic rings. The number of anilines is 1. The monoisotopic (exact) mass is 412 g/mol. The number of carbonyl (C=O) groups is 1. The first-order valence-corrected chi connectivity index (χ1v) is 10.3. The number of amides is 1. The number of pyridine rings is 1. The molecule has 4 aromatic rings. The van der Waals surface area contributed by atoms with Gasteiger partial charge >= 0.3 is 0 Å². The summed E-state index contributed by atoms with van der Waals surface area (Å²) < 4.78 is 3.81. The van der Waals surface area contributed by atoms with Gasteiger partial charge in [0, 0.05) is 61.5 Å². The molecular formula is C22H20N8O. The molecule has 154 valence electrons. The lowest BCUT2D eigenvalue weighted by molar-refractivity contribution is -0.118. The van der Waals surface area contributed by atoms with Gasteiger partial charge in [-0.05, 0) is 25.5 Å². The number of aliphatic imine (C=N–C) groups is 1. The Morgan fingerprint density at radius 1 is 1.16 bits per heavy atom. The number of hydrogen-bond acceptors (Lipinski definition) is 6. The van der Waals surface area contributed by atoms with E-state index in [9.17, 15) is 4.79 Å². The first-order valence-electron chi connectivity index (χ1n) is 10.3. The third-order valence-electron chi connectivity index (χ3n) is 5.94. The summed E-state index contributed by atoms with van der Waals surface area (Å²) in [6.45, 7) is 3.21. The molecule has 0 saturated heterocycles. The molecular weight excluding hydrogens is 392 g/mol. The Bertz CT molecular complexity index is 1400. The van der Waals surface area contributed by atoms with Gasteiger partial charge in [0.05, 0.1) is 23.6 Å². The van der Waals surface area contributed by atoms with E-state index in [4.69, 9.17) is 9.98 Å². The van der Waals surface area contributed by atoms with E-state index < -0.39 is 0 Å². The molecule has 0 spiro atoms. The number of aromatic nitrogens is 6. The fourth-order valence-electron chi connectivity index (χ4n) is 4.34. The Labute approximate surface area is 178 Å². The van der Waals surface area contributed by atoms with Crippen molar-refractivity contribution in [3.05, 3.63) is 59.4 Å². The molecule has 1 amide bonds. The number of fused-ring (bicyclic) bond motifs is 8. The molecule has 0 aromatic carbocycles. The van der Waals surface area contributed by atoms with E-state index in [1.54, 1.807) is 18.1 Å². The summed E-state index contributed by atoms with van der Waals surface area (Å²) >= 11 is 0. The summed E-state index contributed by atoms with van der Waals surface area (Å²) in [5, 5.41) is 4.64. The maximum atomic E-state index is 13.0. The average Bonchev–Trinajstić information content (AvgIpc) is 3.46. The molecule has 0 N–H and O–H groups in total. The maximum absolute atomic E-state index is 13.0. The van der Waals surface area contributed by atoms with Crippen molar-refractivity contribution in [1.29, 1.82) is 0 Å². The van der Waals surface area contributed by atoms with Crippen LogP contribution in [0.3, 0.4) is 0 Å². The normalized spacial score (nSPS) is 15.7. The van der Waals surface area contributed by atoms with Crippen molar-refractivity contribution in [3.8, 4) is 11.3 Å². The highest BCUT2D eigenvalue weighted by molar-refractivity contribution is 6.16. The minimum Gasteiger partial charge on any atom is -0.298 e. The second kappa shape index (κ2) is 6.56. The minimum absolute atomic E-state index is 0.00203. The van der Waals surface area contributed by atoms with E-state index in [1.807, 2.05) is 40.7 Å². The van der Waals surface area contributed by atoms with Crippen LogP contribution < -0.4 is 4.90 Å². The van der Waals surface area contributed by atoms with Crippen LogP contribution in [0.5, 0.6) is 0 Å². The van der Waals surface area contributed by atoms with Gasteiger partial charge < -0.3 is 0 Å². The second-order valence-electron chi connectivity index (χ2n) is 7.90. The first kappa shape index (κ1) is 17.9. The van der Waals surface area contributed by atoms with E-state index in [0.717, 1.165) is 39.5 Å². The lowest BCUT2D eigenvalue weighted by atomic mass is 10.0. The van der Waals surface area contributed by atoms with Crippen molar-refractivity contribution in [2.45, 2.75) is 32.9 Å². The highest BCUT2D eigenvalue weighted by atomic mass is 16.2. The molecule has 31 heavy (non-hydrogen) atoms. The third kappa shape index (κ3) is 2.69. The van der Waals surface area contributed by atoms with Crippen molar-refractivity contribution >= 4 is 23.2 Å². The van der Waals surface area contributed by atoms with Crippen LogP contribution in [0.15, 0.2) is 41.9 Å². The third-order valence-corrected chi connectivity index (χ3v) is 5.94. The predicted octanol–water partition coefficient (Wildman–Crippen LogP) is 2.40. The van der Waals surface area contributed by atoms with Crippen LogP contribution in [-0.4, -0.2) is 47.8 Å². The molecule has 0 atom stereocenters. The van der Waals surface area contributed by atoms with Crippen molar-refractivity contribution in [1.82, 2.24) is 29.1 Å². The smallest absolute Gasteiger partial charge is 0.236 e. The van der Waals surface area contributed by atoms with Crippen LogP contribution in [0, 0.1) is 6.92 Å². The zero-order chi connectivity index (χ0) is 21.1. The van der Waals surface area contributed by atoms with E-state index in [2.05, 4.69) is 21.1 Å². The first-order chi connectivity index (χ1) is 15.1. The fourth-order valence-corrected chi connectivity index (χ4v) is 4.34. The number of aryl methyl sites for hydroxylation is 2. The molecule has 4 bridgehead atoms. The van der Waals surface area contributed by atoms with Gasteiger partial charge in [0.1, 0.15) is 5.69 Å². The fraction of sp³-hybridized carbons (Fsp3) is 0.273. The van der Waals surface area contributed by atoms with Gasteiger partial charge in [-0.1, -0.05) is 0 Å². The zero-order valence-corrected chi connectivity index (χ0v) is 17.3. The Hall–Kier alpha value is -3.88. The largest absolute Gasteiger partial charge is 0.298 e. The number of imidazole rings is 1. The Balaban J connectivity index is 1.63. The van der Waals surface area contributed by atoms with Gasteiger partial charge in [-0.3, -0.25) is 28.8 Å². The zero-order valence-electron chi connectivity index (χ0n) is 17.3. The van der Waals surface area contributed by atoms with E-state index in [1.165, 1.54) is 0 Å². The van der Waals surface area contributed by atoms with E-state index in [0.29, 0.717) is 37.5 Å². The van der Waals surface area contributed by atoms with Crippen LogP contribution in [-0.2, 0) is 17.9 Å². The van der Waals surface area contributed by atoms with Crippen LogP contribution >= 0.6 is 0 Å². The van der Waals surface area contributed by atoms with Crippen molar-refractivity contribution in [3.63, 3.8) is 0 Å². The summed E-state index contributed by atoms with van der Waals surface area (Å²) in [6.07, 6.45) is 8.55. The summed E-state index contributed by atoms with van der Waals surface area (Å²) in [7, 11) is 1.77. The average molecular weight is 412 g/mol. The predicted molar refractivity (Wildman–Crippen MR) is 115 cm³/mol. The minimum atomic E-state index is 0.00203. The maximum Gasteiger partial charge on any atom is 0.236 e. The van der Waals surface area contributed by atoms with Crippen LogP contribution in [0.2, 0.25) is 0 Å². The molecule has 0 saturated carbocycles. The molecule has 2 aliphatic heterocycles. The van der Waals surface area contributed by atoms with Gasteiger partial charge in [0.2, 0.25) is 11.7 Å². The Morgan fingerprint density at radius 2 is 2.06 bits per heavy atom. The molecule has 9 heteroatoms. The standard InChI is InChI=1S/C22H20N8O/c1-13-16-12-29(27-13)7-3-5-18(31)28(2)21-20(30-8-4-6-23-22(30)26-21)14-9-15-17(24-10-14)11-25-19(15)16/h4,6,8-10,12H,3,5,7,11H2,1-2H3. The number of nitrogens with zero attached hydrogens (tertiary/aromatic N) is 8. The lowest BCUT2D eigenvalue weighted by Crippen LogP contribution is -2.27. The summed E-state index contributed by atoms with van der Waals surface area (Å²) in [4.78, 5) is 33.2. The van der Waals surface area contributed by atoms with Crippen LogP contribution in [0.1, 0.15) is 35.4 Å².